The number of rotatable bonds is 8. The summed E-state index contributed by atoms with van der Waals surface area (Å²) in [5.74, 6) is 1.93. The van der Waals surface area contributed by atoms with Crippen molar-refractivity contribution in [1.29, 1.82) is 0 Å². The van der Waals surface area contributed by atoms with E-state index in [4.69, 9.17) is 0 Å². The molecule has 0 fully saturated rings. The third kappa shape index (κ3) is 4.99. The number of aromatic nitrogens is 3. The Balaban J connectivity index is 1.54. The molecular formula is C20H24N4OS2. The fraction of sp³-hybridized carbons (Fsp3) is 0.350. The van der Waals surface area contributed by atoms with Crippen molar-refractivity contribution in [3.8, 4) is 10.7 Å². The molecular weight excluding hydrogens is 376 g/mol. The van der Waals surface area contributed by atoms with Crippen LogP contribution in [0.2, 0.25) is 0 Å². The van der Waals surface area contributed by atoms with E-state index in [0.717, 1.165) is 15.9 Å². The highest BCUT2D eigenvalue weighted by Gasteiger charge is 2.18. The van der Waals surface area contributed by atoms with E-state index in [1.165, 1.54) is 17.3 Å². The van der Waals surface area contributed by atoms with Crippen LogP contribution >= 0.6 is 23.1 Å². The van der Waals surface area contributed by atoms with E-state index in [-0.39, 0.29) is 5.91 Å². The fourth-order valence-electron chi connectivity index (χ4n) is 2.90. The zero-order valence-electron chi connectivity index (χ0n) is 15.8. The zero-order valence-corrected chi connectivity index (χ0v) is 17.4. The highest BCUT2D eigenvalue weighted by molar-refractivity contribution is 7.99. The molecule has 5 nitrogen and oxygen atoms in total. The van der Waals surface area contributed by atoms with Crippen LogP contribution in [0.4, 0.5) is 0 Å². The number of thioether (sulfide) groups is 1. The maximum Gasteiger partial charge on any atom is 0.230 e. The van der Waals surface area contributed by atoms with Crippen LogP contribution in [0.25, 0.3) is 10.7 Å². The maximum absolute atomic E-state index is 12.3. The highest BCUT2D eigenvalue weighted by atomic mass is 32.2. The first-order valence-electron chi connectivity index (χ1n) is 8.94. The Morgan fingerprint density at radius 3 is 2.63 bits per heavy atom. The van der Waals surface area contributed by atoms with E-state index in [0.29, 0.717) is 24.1 Å². The van der Waals surface area contributed by atoms with Crippen molar-refractivity contribution in [2.45, 2.75) is 24.9 Å². The van der Waals surface area contributed by atoms with Gasteiger partial charge in [-0.1, -0.05) is 62.0 Å². The van der Waals surface area contributed by atoms with Crippen LogP contribution < -0.4 is 5.32 Å². The number of nitrogens with one attached hydrogen (secondary N) is 1. The molecule has 0 spiro atoms. The normalized spacial score (nSPS) is 12.3. The molecule has 1 N–H and O–H groups in total. The minimum absolute atomic E-state index is 0.0160. The second kappa shape index (κ2) is 9.19. The first-order chi connectivity index (χ1) is 13.1. The summed E-state index contributed by atoms with van der Waals surface area (Å²) in [6.45, 7) is 5.01. The summed E-state index contributed by atoms with van der Waals surface area (Å²) in [7, 11) is 1.93. The summed E-state index contributed by atoms with van der Waals surface area (Å²) in [4.78, 5) is 13.4. The Morgan fingerprint density at radius 2 is 1.96 bits per heavy atom. The van der Waals surface area contributed by atoms with Crippen LogP contribution in [-0.2, 0) is 11.8 Å². The van der Waals surface area contributed by atoms with Crippen LogP contribution in [0.5, 0.6) is 0 Å². The van der Waals surface area contributed by atoms with Gasteiger partial charge in [0, 0.05) is 19.5 Å². The molecule has 0 saturated carbocycles. The van der Waals surface area contributed by atoms with Crippen LogP contribution in [0.15, 0.2) is 53.0 Å². The lowest BCUT2D eigenvalue weighted by Gasteiger charge is -2.21. The average molecular weight is 401 g/mol. The molecule has 1 unspecified atom stereocenters. The minimum Gasteiger partial charge on any atom is -0.355 e. The zero-order chi connectivity index (χ0) is 19.2. The lowest BCUT2D eigenvalue weighted by atomic mass is 9.88. The fourth-order valence-corrected chi connectivity index (χ4v) is 4.39. The quantitative estimate of drug-likeness (QED) is 0.576. The van der Waals surface area contributed by atoms with Gasteiger partial charge >= 0.3 is 0 Å². The number of benzene rings is 1. The molecule has 27 heavy (non-hydrogen) atoms. The number of hydrogen-bond donors (Lipinski definition) is 1. The standard InChI is InChI=1S/C20H24N4OS2/c1-14(2)16(15-8-5-4-6-9-15)12-21-18(25)13-27-20-23-22-19(24(20)3)17-10-7-11-26-17/h4-11,14,16H,12-13H2,1-3H3,(H,21,25). The van der Waals surface area contributed by atoms with Gasteiger partial charge in [-0.2, -0.15) is 0 Å². The molecule has 1 atom stereocenters. The van der Waals surface area contributed by atoms with Crippen molar-refractivity contribution in [3.63, 3.8) is 0 Å². The lowest BCUT2D eigenvalue weighted by Crippen LogP contribution is -2.31. The van der Waals surface area contributed by atoms with Gasteiger partial charge in [0.25, 0.3) is 0 Å². The Bertz CT molecular complexity index is 860. The molecule has 1 aromatic carbocycles. The summed E-state index contributed by atoms with van der Waals surface area (Å²) >= 11 is 3.04. The van der Waals surface area contributed by atoms with Crippen molar-refractivity contribution < 1.29 is 4.79 Å². The van der Waals surface area contributed by atoms with Gasteiger partial charge in [0.05, 0.1) is 10.6 Å². The molecule has 3 aromatic rings. The van der Waals surface area contributed by atoms with Gasteiger partial charge in [-0.15, -0.1) is 21.5 Å². The Labute approximate surface area is 168 Å². The van der Waals surface area contributed by atoms with E-state index in [9.17, 15) is 4.79 Å². The minimum atomic E-state index is 0.0160. The largest absolute Gasteiger partial charge is 0.355 e. The average Bonchev–Trinajstić information content (AvgIpc) is 3.30. The van der Waals surface area contributed by atoms with Gasteiger partial charge in [-0.05, 0) is 22.9 Å². The number of carbonyl (C=O) groups excluding carboxylic acids is 1. The summed E-state index contributed by atoms with van der Waals surface area (Å²) in [5.41, 5.74) is 1.26. The van der Waals surface area contributed by atoms with E-state index in [1.807, 2.05) is 47.3 Å². The third-order valence-electron chi connectivity index (χ3n) is 4.46. The molecule has 0 aliphatic carbocycles. The first-order valence-corrected chi connectivity index (χ1v) is 10.8. The van der Waals surface area contributed by atoms with Gasteiger partial charge < -0.3 is 9.88 Å². The third-order valence-corrected chi connectivity index (χ3v) is 6.35. The molecule has 0 radical (unpaired) electrons. The van der Waals surface area contributed by atoms with Crippen LogP contribution in [0, 0.1) is 5.92 Å². The van der Waals surface area contributed by atoms with E-state index in [2.05, 4.69) is 41.5 Å². The summed E-state index contributed by atoms with van der Waals surface area (Å²) in [6, 6.07) is 14.4. The second-order valence-corrected chi connectivity index (χ2v) is 8.59. The molecule has 3 rings (SSSR count). The second-order valence-electron chi connectivity index (χ2n) is 6.70. The van der Waals surface area contributed by atoms with E-state index in [1.54, 1.807) is 11.3 Å². The van der Waals surface area contributed by atoms with Crippen molar-refractivity contribution in [2.75, 3.05) is 12.3 Å². The summed E-state index contributed by atoms with van der Waals surface area (Å²) < 4.78 is 1.94. The van der Waals surface area contributed by atoms with Crippen LogP contribution in [0.3, 0.4) is 0 Å². The van der Waals surface area contributed by atoms with Gasteiger partial charge in [0.1, 0.15) is 0 Å². The SMILES string of the molecule is CC(C)C(CNC(=O)CSc1nnc(-c2cccs2)n1C)c1ccccc1. The van der Waals surface area contributed by atoms with Crippen molar-refractivity contribution >= 4 is 29.0 Å². The maximum atomic E-state index is 12.3. The number of hydrogen-bond acceptors (Lipinski definition) is 5. The van der Waals surface area contributed by atoms with Gasteiger partial charge in [-0.3, -0.25) is 4.79 Å². The van der Waals surface area contributed by atoms with E-state index < -0.39 is 0 Å². The predicted molar refractivity (Wildman–Crippen MR) is 112 cm³/mol. The number of carbonyl (C=O) groups is 1. The Kier molecular flexibility index (Phi) is 6.68. The van der Waals surface area contributed by atoms with Crippen molar-refractivity contribution in [2.24, 2.45) is 13.0 Å². The highest BCUT2D eigenvalue weighted by Crippen LogP contribution is 2.26. The first kappa shape index (κ1) is 19.6. The van der Waals surface area contributed by atoms with Crippen LogP contribution in [0.1, 0.15) is 25.3 Å². The molecule has 0 saturated heterocycles. The van der Waals surface area contributed by atoms with Gasteiger partial charge in [0.15, 0.2) is 11.0 Å². The molecule has 1 amide bonds. The van der Waals surface area contributed by atoms with Gasteiger partial charge in [-0.25, -0.2) is 0 Å². The molecule has 0 aliphatic rings. The molecule has 0 aliphatic heterocycles. The monoisotopic (exact) mass is 400 g/mol. The lowest BCUT2D eigenvalue weighted by molar-refractivity contribution is -0.118. The van der Waals surface area contributed by atoms with Crippen molar-refractivity contribution in [1.82, 2.24) is 20.1 Å². The molecule has 2 aromatic heterocycles. The predicted octanol–water partition coefficient (Wildman–Crippen LogP) is 4.19. The summed E-state index contributed by atoms with van der Waals surface area (Å²) in [6.07, 6.45) is 0. The number of nitrogens with zero attached hydrogens (tertiary/aromatic N) is 3. The Morgan fingerprint density at radius 1 is 1.19 bits per heavy atom. The Hall–Kier alpha value is -2.12. The molecule has 142 valence electrons. The molecule has 0 bridgehead atoms. The smallest absolute Gasteiger partial charge is 0.230 e. The van der Waals surface area contributed by atoms with Gasteiger partial charge in [0.2, 0.25) is 5.91 Å². The molecule has 7 heteroatoms. The van der Waals surface area contributed by atoms with E-state index >= 15 is 0 Å². The van der Waals surface area contributed by atoms with Crippen molar-refractivity contribution in [3.05, 3.63) is 53.4 Å². The number of amides is 1. The van der Waals surface area contributed by atoms with Crippen LogP contribution in [-0.4, -0.2) is 33.0 Å². The number of thiophene rings is 1. The summed E-state index contributed by atoms with van der Waals surface area (Å²) in [5, 5.41) is 14.3. The molecule has 2 heterocycles. The topological polar surface area (TPSA) is 59.8 Å².